The minimum atomic E-state index is -0.254. The smallest absolute Gasteiger partial charge is 0.354 e. The first kappa shape index (κ1) is 14.6. The van der Waals surface area contributed by atoms with E-state index in [9.17, 15) is 4.79 Å². The molecule has 1 unspecified atom stereocenters. The van der Waals surface area contributed by atoms with E-state index in [-0.39, 0.29) is 5.97 Å². The monoisotopic (exact) mass is 299 g/mol. The van der Waals surface area contributed by atoms with Gasteiger partial charge in [-0.05, 0) is 49.9 Å². The van der Waals surface area contributed by atoms with Gasteiger partial charge < -0.3 is 14.6 Å². The van der Waals surface area contributed by atoms with E-state index in [4.69, 9.17) is 4.74 Å². The molecule has 0 fully saturated rings. The van der Waals surface area contributed by atoms with Crippen LogP contribution in [0.5, 0.6) is 0 Å². The number of hydrogen-bond acceptors (Lipinski definition) is 4. The summed E-state index contributed by atoms with van der Waals surface area (Å²) in [5.74, 6) is 0.744. The molecule has 3 rings (SSSR count). The van der Waals surface area contributed by atoms with Crippen LogP contribution in [-0.4, -0.2) is 28.2 Å². The normalized spacial score (nSPS) is 16.7. The number of carbonyl (C=O) groups excluding carboxylic acids is 1. The molecular weight excluding hydrogens is 278 g/mol. The van der Waals surface area contributed by atoms with Crippen LogP contribution in [0.3, 0.4) is 0 Å². The average molecular weight is 299 g/mol. The molecule has 0 aromatic carbocycles. The minimum Gasteiger partial charge on any atom is -0.461 e. The molecule has 0 saturated carbocycles. The van der Waals surface area contributed by atoms with Crippen molar-refractivity contribution in [1.29, 1.82) is 0 Å². The van der Waals surface area contributed by atoms with Gasteiger partial charge in [0.15, 0.2) is 0 Å². The van der Waals surface area contributed by atoms with Crippen molar-refractivity contribution in [3.63, 3.8) is 0 Å². The van der Waals surface area contributed by atoms with Crippen LogP contribution in [-0.2, 0) is 17.7 Å². The first-order chi connectivity index (χ1) is 10.8. The summed E-state index contributed by atoms with van der Waals surface area (Å²) in [4.78, 5) is 16.3. The second-order valence-electron chi connectivity index (χ2n) is 5.49. The summed E-state index contributed by atoms with van der Waals surface area (Å²) in [6.45, 7) is 3.01. The largest absolute Gasteiger partial charge is 0.461 e. The molecule has 1 N–H and O–H groups in total. The van der Waals surface area contributed by atoms with Crippen LogP contribution < -0.4 is 5.32 Å². The second kappa shape index (κ2) is 6.64. The van der Waals surface area contributed by atoms with Crippen molar-refractivity contribution < 1.29 is 9.53 Å². The van der Waals surface area contributed by atoms with E-state index in [1.807, 2.05) is 42.1 Å². The molecule has 0 aliphatic carbocycles. The quantitative estimate of drug-likeness (QED) is 0.863. The number of aromatic nitrogens is 2. The molecule has 0 saturated heterocycles. The van der Waals surface area contributed by atoms with E-state index in [1.165, 1.54) is 5.56 Å². The topological polar surface area (TPSA) is 56.2 Å². The Morgan fingerprint density at radius 3 is 3.23 bits per heavy atom. The number of pyridine rings is 1. The molecule has 3 heterocycles. The number of hydrogen-bond donors (Lipinski definition) is 1. The van der Waals surface area contributed by atoms with Gasteiger partial charge in [0, 0.05) is 25.0 Å². The summed E-state index contributed by atoms with van der Waals surface area (Å²) >= 11 is 0. The molecule has 2 aromatic heterocycles. The van der Waals surface area contributed by atoms with E-state index < -0.39 is 0 Å². The summed E-state index contributed by atoms with van der Waals surface area (Å²) in [6.07, 6.45) is 6.85. The summed E-state index contributed by atoms with van der Waals surface area (Å²) in [7, 11) is 0. The molecule has 1 aliphatic rings. The molecule has 1 aliphatic heterocycles. The minimum absolute atomic E-state index is 0.254. The third-order valence-electron chi connectivity index (χ3n) is 4.03. The lowest BCUT2D eigenvalue weighted by Gasteiger charge is -2.26. The fourth-order valence-corrected chi connectivity index (χ4v) is 2.88. The molecule has 0 radical (unpaired) electrons. The lowest BCUT2D eigenvalue weighted by atomic mass is 9.99. The van der Waals surface area contributed by atoms with Crippen molar-refractivity contribution in [1.82, 2.24) is 9.55 Å². The van der Waals surface area contributed by atoms with Gasteiger partial charge in [0.2, 0.25) is 0 Å². The Hall–Kier alpha value is -2.30. The summed E-state index contributed by atoms with van der Waals surface area (Å²) in [6, 6.07) is 8.18. The van der Waals surface area contributed by atoms with Gasteiger partial charge in [0.25, 0.3) is 0 Å². The van der Waals surface area contributed by atoms with Crippen LogP contribution in [0.4, 0.5) is 5.82 Å². The van der Waals surface area contributed by atoms with E-state index in [2.05, 4.69) is 16.4 Å². The highest BCUT2D eigenvalue weighted by molar-refractivity contribution is 5.87. The van der Waals surface area contributed by atoms with Crippen molar-refractivity contribution in [2.24, 2.45) is 0 Å². The number of anilines is 1. The Balaban J connectivity index is 1.60. The predicted octanol–water partition coefficient (Wildman–Crippen LogP) is 2.88. The molecule has 2 aromatic rings. The van der Waals surface area contributed by atoms with Gasteiger partial charge in [0.1, 0.15) is 11.5 Å². The van der Waals surface area contributed by atoms with Gasteiger partial charge >= 0.3 is 5.97 Å². The molecule has 0 amide bonds. The number of nitrogens with one attached hydrogen (secondary N) is 1. The molecule has 0 spiro atoms. The first-order valence-electron chi connectivity index (χ1n) is 7.80. The highest BCUT2D eigenvalue weighted by Crippen LogP contribution is 2.23. The SMILES string of the molecule is CCOC(=O)c1cccn1CCC1CCc2cccnc2N1. The van der Waals surface area contributed by atoms with Gasteiger partial charge in [-0.1, -0.05) is 6.07 Å². The van der Waals surface area contributed by atoms with Crippen LogP contribution >= 0.6 is 0 Å². The lowest BCUT2D eigenvalue weighted by Crippen LogP contribution is -2.27. The molecule has 1 atom stereocenters. The average Bonchev–Trinajstić information content (AvgIpc) is 3.01. The fourth-order valence-electron chi connectivity index (χ4n) is 2.88. The number of nitrogens with zero attached hydrogens (tertiary/aromatic N) is 2. The van der Waals surface area contributed by atoms with Crippen LogP contribution in [0.1, 0.15) is 35.8 Å². The van der Waals surface area contributed by atoms with E-state index >= 15 is 0 Å². The van der Waals surface area contributed by atoms with Gasteiger partial charge in [-0.25, -0.2) is 9.78 Å². The number of ether oxygens (including phenoxy) is 1. The van der Waals surface area contributed by atoms with Crippen LogP contribution in [0.2, 0.25) is 0 Å². The van der Waals surface area contributed by atoms with Gasteiger partial charge in [-0.15, -0.1) is 0 Å². The van der Waals surface area contributed by atoms with E-state index in [0.29, 0.717) is 18.3 Å². The third-order valence-corrected chi connectivity index (χ3v) is 4.03. The highest BCUT2D eigenvalue weighted by Gasteiger charge is 2.19. The van der Waals surface area contributed by atoms with Crippen molar-refractivity contribution in [2.45, 2.75) is 38.8 Å². The maximum Gasteiger partial charge on any atom is 0.354 e. The molecular formula is C17H21N3O2. The van der Waals surface area contributed by atoms with Crippen molar-refractivity contribution in [3.8, 4) is 0 Å². The zero-order valence-electron chi connectivity index (χ0n) is 12.8. The molecule has 116 valence electrons. The maximum absolute atomic E-state index is 11.9. The Bertz CT molecular complexity index is 651. The van der Waals surface area contributed by atoms with E-state index in [1.54, 1.807) is 0 Å². The standard InChI is InChI=1S/C17H21N3O2/c1-2-22-17(21)15-6-4-11-20(15)12-9-14-8-7-13-5-3-10-18-16(13)19-14/h3-6,10-11,14H,2,7-9,12H2,1H3,(H,18,19). The Morgan fingerprint density at radius 2 is 2.36 bits per heavy atom. The molecule has 5 heteroatoms. The first-order valence-corrected chi connectivity index (χ1v) is 7.80. The summed E-state index contributed by atoms with van der Waals surface area (Å²) < 4.78 is 7.05. The fraction of sp³-hybridized carbons (Fsp3) is 0.412. The second-order valence-corrected chi connectivity index (χ2v) is 5.49. The molecule has 22 heavy (non-hydrogen) atoms. The van der Waals surface area contributed by atoms with Gasteiger partial charge in [-0.2, -0.15) is 0 Å². The van der Waals surface area contributed by atoms with Crippen molar-refractivity contribution in [2.75, 3.05) is 11.9 Å². The van der Waals surface area contributed by atoms with Crippen LogP contribution in [0, 0.1) is 0 Å². The Labute approximate surface area is 130 Å². The lowest BCUT2D eigenvalue weighted by molar-refractivity contribution is 0.0513. The van der Waals surface area contributed by atoms with Gasteiger partial charge in [0.05, 0.1) is 6.61 Å². The maximum atomic E-state index is 11.9. The van der Waals surface area contributed by atoms with Gasteiger partial charge in [-0.3, -0.25) is 0 Å². The number of rotatable bonds is 5. The van der Waals surface area contributed by atoms with E-state index in [0.717, 1.165) is 31.6 Å². The highest BCUT2D eigenvalue weighted by atomic mass is 16.5. The van der Waals surface area contributed by atoms with Crippen molar-refractivity contribution in [3.05, 3.63) is 47.9 Å². The molecule has 0 bridgehead atoms. The Morgan fingerprint density at radius 1 is 1.45 bits per heavy atom. The zero-order chi connectivity index (χ0) is 15.4. The number of esters is 1. The molecule has 5 nitrogen and oxygen atoms in total. The van der Waals surface area contributed by atoms with Crippen LogP contribution in [0.25, 0.3) is 0 Å². The van der Waals surface area contributed by atoms with Crippen molar-refractivity contribution >= 4 is 11.8 Å². The summed E-state index contributed by atoms with van der Waals surface area (Å²) in [5.41, 5.74) is 1.91. The number of aryl methyl sites for hydroxylation is 2. The summed E-state index contributed by atoms with van der Waals surface area (Å²) in [5, 5.41) is 3.49. The third kappa shape index (κ3) is 3.13. The zero-order valence-corrected chi connectivity index (χ0v) is 12.8. The number of carbonyl (C=O) groups is 1. The predicted molar refractivity (Wildman–Crippen MR) is 85.0 cm³/mol. The Kier molecular flexibility index (Phi) is 4.42. The number of fused-ring (bicyclic) bond motifs is 1. The van der Waals surface area contributed by atoms with Crippen LogP contribution in [0.15, 0.2) is 36.7 Å².